The SMILES string of the molecule is CCOC(=O)Cc1csc(NC(=O)CCC2=NC(=O)C3C=CC=CC3=N2)n1. The van der Waals surface area contributed by atoms with E-state index in [9.17, 15) is 14.4 Å². The quantitative estimate of drug-likeness (QED) is 0.722. The van der Waals surface area contributed by atoms with E-state index in [-0.39, 0.29) is 37.0 Å². The third kappa shape index (κ3) is 5.04. The fraction of sp³-hybridized carbons (Fsp3) is 0.333. The molecule has 1 aromatic rings. The van der Waals surface area contributed by atoms with Crippen LogP contribution in [0.5, 0.6) is 0 Å². The minimum Gasteiger partial charge on any atom is -0.466 e. The first kappa shape index (κ1) is 18.8. The third-order valence-corrected chi connectivity index (χ3v) is 4.57. The number of esters is 1. The number of rotatable bonds is 7. The molecule has 140 valence electrons. The molecule has 1 aliphatic heterocycles. The lowest BCUT2D eigenvalue weighted by atomic mass is 9.96. The number of fused-ring (bicyclic) bond motifs is 1. The molecule has 0 aromatic carbocycles. The van der Waals surface area contributed by atoms with E-state index >= 15 is 0 Å². The van der Waals surface area contributed by atoms with Crippen LogP contribution in [0.4, 0.5) is 5.13 Å². The van der Waals surface area contributed by atoms with E-state index in [2.05, 4.69) is 20.3 Å². The number of aliphatic imine (C=N–C) groups is 2. The van der Waals surface area contributed by atoms with Gasteiger partial charge in [-0.1, -0.05) is 18.2 Å². The number of carbonyl (C=O) groups is 3. The fourth-order valence-corrected chi connectivity index (χ4v) is 3.27. The Labute approximate surface area is 159 Å². The van der Waals surface area contributed by atoms with E-state index in [4.69, 9.17) is 4.74 Å². The molecular formula is C18H18N4O4S. The van der Waals surface area contributed by atoms with Crippen molar-refractivity contribution in [2.75, 3.05) is 11.9 Å². The lowest BCUT2D eigenvalue weighted by Crippen LogP contribution is -2.27. The van der Waals surface area contributed by atoms with Crippen LogP contribution < -0.4 is 5.32 Å². The molecule has 2 amide bonds. The number of amides is 2. The summed E-state index contributed by atoms with van der Waals surface area (Å²) in [6.45, 7) is 2.05. The Hall–Kier alpha value is -2.94. The topological polar surface area (TPSA) is 110 Å². The van der Waals surface area contributed by atoms with Crippen LogP contribution in [0.1, 0.15) is 25.5 Å². The molecule has 0 spiro atoms. The molecule has 1 unspecified atom stereocenters. The number of ether oxygens (including phenoxy) is 1. The minimum absolute atomic E-state index is 0.0692. The predicted octanol–water partition coefficient (Wildman–Crippen LogP) is 2.09. The van der Waals surface area contributed by atoms with Gasteiger partial charge in [0.05, 0.1) is 24.4 Å². The number of aromatic nitrogens is 1. The predicted molar refractivity (Wildman–Crippen MR) is 102 cm³/mol. The zero-order chi connectivity index (χ0) is 19.2. The molecule has 1 aliphatic carbocycles. The average molecular weight is 386 g/mol. The van der Waals surface area contributed by atoms with Gasteiger partial charge in [0.2, 0.25) is 5.91 Å². The molecule has 1 atom stereocenters. The smallest absolute Gasteiger partial charge is 0.311 e. The number of anilines is 1. The summed E-state index contributed by atoms with van der Waals surface area (Å²) in [7, 11) is 0. The molecule has 3 rings (SSSR count). The molecule has 1 aromatic heterocycles. The van der Waals surface area contributed by atoms with Crippen molar-refractivity contribution in [3.05, 3.63) is 35.4 Å². The Morgan fingerprint density at radius 2 is 2.15 bits per heavy atom. The van der Waals surface area contributed by atoms with Crippen molar-refractivity contribution < 1.29 is 19.1 Å². The van der Waals surface area contributed by atoms with Crippen LogP contribution >= 0.6 is 11.3 Å². The first-order valence-electron chi connectivity index (χ1n) is 8.50. The van der Waals surface area contributed by atoms with Crippen LogP contribution in [0.2, 0.25) is 0 Å². The number of nitrogens with one attached hydrogen (secondary N) is 1. The molecule has 0 radical (unpaired) electrons. The maximum atomic E-state index is 12.1. The highest BCUT2D eigenvalue weighted by Crippen LogP contribution is 2.19. The van der Waals surface area contributed by atoms with E-state index in [1.165, 1.54) is 11.3 Å². The van der Waals surface area contributed by atoms with Gasteiger partial charge in [-0.3, -0.25) is 14.4 Å². The summed E-state index contributed by atoms with van der Waals surface area (Å²) in [6.07, 6.45) is 7.59. The fourth-order valence-electron chi connectivity index (χ4n) is 2.54. The van der Waals surface area contributed by atoms with Crippen molar-refractivity contribution >= 4 is 45.8 Å². The number of nitrogens with zero attached hydrogens (tertiary/aromatic N) is 3. The lowest BCUT2D eigenvalue weighted by Gasteiger charge is -2.17. The lowest BCUT2D eigenvalue weighted by molar-refractivity contribution is -0.142. The highest BCUT2D eigenvalue weighted by Gasteiger charge is 2.26. The maximum Gasteiger partial charge on any atom is 0.311 e. The normalized spacial score (nSPS) is 17.8. The van der Waals surface area contributed by atoms with Gasteiger partial charge < -0.3 is 10.1 Å². The molecule has 0 saturated heterocycles. The summed E-state index contributed by atoms with van der Waals surface area (Å²) < 4.78 is 4.86. The van der Waals surface area contributed by atoms with Crippen LogP contribution in [-0.4, -0.2) is 40.9 Å². The van der Waals surface area contributed by atoms with Gasteiger partial charge in [-0.25, -0.2) is 9.98 Å². The van der Waals surface area contributed by atoms with Crippen LogP contribution in [0.3, 0.4) is 0 Å². The van der Waals surface area contributed by atoms with Crippen molar-refractivity contribution in [1.82, 2.24) is 4.98 Å². The number of thiazole rings is 1. The number of hydrogen-bond donors (Lipinski definition) is 1. The Kier molecular flexibility index (Phi) is 6.02. The first-order chi connectivity index (χ1) is 13.0. The molecule has 8 nitrogen and oxygen atoms in total. The molecule has 1 N–H and O–H groups in total. The van der Waals surface area contributed by atoms with Gasteiger partial charge in [0.25, 0.3) is 5.91 Å². The number of allylic oxidation sites excluding steroid dienone is 3. The maximum absolute atomic E-state index is 12.1. The Morgan fingerprint density at radius 3 is 2.96 bits per heavy atom. The molecule has 27 heavy (non-hydrogen) atoms. The van der Waals surface area contributed by atoms with Gasteiger partial charge >= 0.3 is 5.97 Å². The molecule has 0 fully saturated rings. The summed E-state index contributed by atoms with van der Waals surface area (Å²) in [6, 6.07) is 0. The zero-order valence-electron chi connectivity index (χ0n) is 14.7. The Balaban J connectivity index is 1.50. The van der Waals surface area contributed by atoms with Gasteiger partial charge in [-0.2, -0.15) is 4.99 Å². The van der Waals surface area contributed by atoms with E-state index in [0.717, 1.165) is 0 Å². The van der Waals surface area contributed by atoms with Gasteiger partial charge in [0, 0.05) is 18.2 Å². The molecule has 0 bridgehead atoms. The van der Waals surface area contributed by atoms with Gasteiger partial charge in [-0.15, -0.1) is 11.3 Å². The number of hydrogen-bond acceptors (Lipinski definition) is 7. The van der Waals surface area contributed by atoms with Crippen LogP contribution in [0.15, 0.2) is 39.7 Å². The molecular weight excluding hydrogens is 368 g/mol. The van der Waals surface area contributed by atoms with Crippen molar-refractivity contribution in [1.29, 1.82) is 0 Å². The van der Waals surface area contributed by atoms with Gasteiger partial charge in [-0.05, 0) is 13.0 Å². The molecule has 2 heterocycles. The standard InChI is InChI=1S/C18H18N4O4S/c1-2-26-16(24)9-11-10-27-18(19-11)22-15(23)8-7-14-20-13-6-4-3-5-12(13)17(25)21-14/h3-6,10,12H,2,7-9H2,1H3,(H,19,22,23). The summed E-state index contributed by atoms with van der Waals surface area (Å²) in [5.74, 6) is -0.947. The molecule has 9 heteroatoms. The van der Waals surface area contributed by atoms with E-state index in [1.54, 1.807) is 30.5 Å². The van der Waals surface area contributed by atoms with Crippen LogP contribution in [0.25, 0.3) is 0 Å². The van der Waals surface area contributed by atoms with Crippen molar-refractivity contribution in [3.63, 3.8) is 0 Å². The van der Waals surface area contributed by atoms with Crippen molar-refractivity contribution in [3.8, 4) is 0 Å². The Morgan fingerprint density at radius 1 is 1.30 bits per heavy atom. The number of carbonyl (C=O) groups excluding carboxylic acids is 3. The van der Waals surface area contributed by atoms with Gasteiger partial charge in [0.1, 0.15) is 11.8 Å². The average Bonchev–Trinajstić information content (AvgIpc) is 3.07. The Bertz CT molecular complexity index is 882. The summed E-state index contributed by atoms with van der Waals surface area (Å²) in [5, 5.41) is 4.79. The van der Waals surface area contributed by atoms with Crippen molar-refractivity contribution in [2.45, 2.75) is 26.2 Å². The number of amidine groups is 1. The van der Waals surface area contributed by atoms with E-state index in [1.807, 2.05) is 6.08 Å². The van der Waals surface area contributed by atoms with Crippen LogP contribution in [0, 0.1) is 5.92 Å². The summed E-state index contributed by atoms with van der Waals surface area (Å²) in [4.78, 5) is 48.1. The zero-order valence-corrected chi connectivity index (χ0v) is 15.5. The van der Waals surface area contributed by atoms with Crippen molar-refractivity contribution in [2.24, 2.45) is 15.9 Å². The van der Waals surface area contributed by atoms with E-state index < -0.39 is 5.92 Å². The molecule has 0 saturated carbocycles. The highest BCUT2D eigenvalue weighted by molar-refractivity contribution is 7.13. The largest absolute Gasteiger partial charge is 0.466 e. The highest BCUT2D eigenvalue weighted by atomic mass is 32.1. The summed E-state index contributed by atoms with van der Waals surface area (Å²) >= 11 is 1.24. The van der Waals surface area contributed by atoms with Gasteiger partial charge in [0.15, 0.2) is 5.13 Å². The second-order valence-electron chi connectivity index (χ2n) is 5.80. The second-order valence-corrected chi connectivity index (χ2v) is 6.66. The monoisotopic (exact) mass is 386 g/mol. The van der Waals surface area contributed by atoms with Crippen LogP contribution in [-0.2, 0) is 25.5 Å². The minimum atomic E-state index is -0.416. The first-order valence-corrected chi connectivity index (χ1v) is 9.38. The van der Waals surface area contributed by atoms with E-state index in [0.29, 0.717) is 29.0 Å². The second kappa shape index (κ2) is 8.63. The molecule has 2 aliphatic rings. The summed E-state index contributed by atoms with van der Waals surface area (Å²) in [5.41, 5.74) is 1.20. The third-order valence-electron chi connectivity index (χ3n) is 3.77.